The summed E-state index contributed by atoms with van der Waals surface area (Å²) in [5.74, 6) is 1.18. The van der Waals surface area contributed by atoms with Gasteiger partial charge in [0.25, 0.3) is 0 Å². The average molecular weight is 350 g/mol. The van der Waals surface area contributed by atoms with Crippen molar-refractivity contribution in [3.8, 4) is 0 Å². The molecule has 0 aromatic carbocycles. The van der Waals surface area contributed by atoms with Gasteiger partial charge in [0.1, 0.15) is 0 Å². The van der Waals surface area contributed by atoms with E-state index in [0.717, 1.165) is 25.9 Å². The number of nitrogens with zero attached hydrogens (tertiary/aromatic N) is 5. The molecule has 1 aromatic heterocycles. The SMILES string of the molecule is C[C@@H]1CCCN(c2nc(N3C[C@@H](C)O[C@H](C)C3)nc(N)c2[N+](=O)[O-])C1. The molecule has 2 fully saturated rings. The minimum absolute atomic E-state index is 0.0437. The second-order valence-corrected chi connectivity index (χ2v) is 7.19. The van der Waals surface area contributed by atoms with Gasteiger partial charge in [-0.15, -0.1) is 0 Å². The van der Waals surface area contributed by atoms with E-state index in [1.54, 1.807) is 0 Å². The summed E-state index contributed by atoms with van der Waals surface area (Å²) in [5, 5.41) is 11.5. The molecule has 2 aliphatic heterocycles. The summed E-state index contributed by atoms with van der Waals surface area (Å²) < 4.78 is 5.74. The van der Waals surface area contributed by atoms with Crippen molar-refractivity contribution in [3.63, 3.8) is 0 Å². The number of ether oxygens (including phenoxy) is 1. The van der Waals surface area contributed by atoms with Crippen LogP contribution >= 0.6 is 0 Å². The van der Waals surface area contributed by atoms with E-state index in [1.165, 1.54) is 0 Å². The Bertz CT molecular complexity index is 645. The smallest absolute Gasteiger partial charge is 0.353 e. The van der Waals surface area contributed by atoms with Crippen LogP contribution in [0.4, 0.5) is 23.3 Å². The van der Waals surface area contributed by atoms with Crippen LogP contribution in [0.1, 0.15) is 33.6 Å². The molecule has 9 nitrogen and oxygen atoms in total. The first-order valence-electron chi connectivity index (χ1n) is 8.82. The molecule has 0 radical (unpaired) electrons. The molecular weight excluding hydrogens is 324 g/mol. The number of hydrogen-bond donors (Lipinski definition) is 1. The molecular formula is C16H26N6O3. The van der Waals surface area contributed by atoms with Gasteiger partial charge in [-0.3, -0.25) is 10.1 Å². The van der Waals surface area contributed by atoms with E-state index in [9.17, 15) is 10.1 Å². The predicted octanol–water partition coefficient (Wildman–Crippen LogP) is 1.82. The quantitative estimate of drug-likeness (QED) is 0.649. The van der Waals surface area contributed by atoms with Crippen LogP contribution in [-0.2, 0) is 4.74 Å². The Balaban J connectivity index is 1.99. The number of anilines is 3. The molecule has 2 N–H and O–H groups in total. The third-order valence-corrected chi connectivity index (χ3v) is 4.72. The highest BCUT2D eigenvalue weighted by Gasteiger charge is 2.32. The Labute approximate surface area is 147 Å². The topological polar surface area (TPSA) is 111 Å². The Morgan fingerprint density at radius 3 is 2.44 bits per heavy atom. The number of nitro groups is 1. The van der Waals surface area contributed by atoms with E-state index in [1.807, 2.05) is 23.6 Å². The fourth-order valence-corrected chi connectivity index (χ4v) is 3.71. The lowest BCUT2D eigenvalue weighted by molar-refractivity contribution is -0.383. The highest BCUT2D eigenvalue weighted by atomic mass is 16.6. The molecule has 9 heteroatoms. The average Bonchev–Trinajstić information content (AvgIpc) is 2.52. The molecule has 1 aromatic rings. The van der Waals surface area contributed by atoms with Gasteiger partial charge in [-0.2, -0.15) is 9.97 Å². The monoisotopic (exact) mass is 350 g/mol. The molecule has 0 saturated carbocycles. The molecule has 2 aliphatic rings. The van der Waals surface area contributed by atoms with E-state index >= 15 is 0 Å². The summed E-state index contributed by atoms with van der Waals surface area (Å²) in [7, 11) is 0. The summed E-state index contributed by atoms with van der Waals surface area (Å²) >= 11 is 0. The predicted molar refractivity (Wildman–Crippen MR) is 95.9 cm³/mol. The zero-order valence-corrected chi connectivity index (χ0v) is 15.0. The van der Waals surface area contributed by atoms with E-state index in [4.69, 9.17) is 10.5 Å². The van der Waals surface area contributed by atoms with Gasteiger partial charge in [0.2, 0.25) is 17.6 Å². The van der Waals surface area contributed by atoms with Gasteiger partial charge in [0.15, 0.2) is 0 Å². The summed E-state index contributed by atoms with van der Waals surface area (Å²) in [6.07, 6.45) is 2.20. The normalized spacial score (nSPS) is 27.4. The lowest BCUT2D eigenvalue weighted by Crippen LogP contribution is -2.46. The second kappa shape index (κ2) is 6.99. The zero-order valence-electron chi connectivity index (χ0n) is 15.0. The fourth-order valence-electron chi connectivity index (χ4n) is 3.71. The van der Waals surface area contributed by atoms with Gasteiger partial charge in [-0.25, -0.2) is 0 Å². The first kappa shape index (κ1) is 17.7. The van der Waals surface area contributed by atoms with Crippen LogP contribution < -0.4 is 15.5 Å². The van der Waals surface area contributed by atoms with Crippen molar-refractivity contribution in [1.82, 2.24) is 9.97 Å². The van der Waals surface area contributed by atoms with Crippen LogP contribution in [-0.4, -0.2) is 53.3 Å². The Kier molecular flexibility index (Phi) is 4.94. The molecule has 3 heterocycles. The minimum Gasteiger partial charge on any atom is -0.378 e. The number of aromatic nitrogens is 2. The van der Waals surface area contributed by atoms with E-state index in [0.29, 0.717) is 30.8 Å². The van der Waals surface area contributed by atoms with E-state index in [2.05, 4.69) is 16.9 Å². The van der Waals surface area contributed by atoms with Crippen LogP contribution in [0.3, 0.4) is 0 Å². The van der Waals surface area contributed by atoms with Crippen LogP contribution in [0.2, 0.25) is 0 Å². The van der Waals surface area contributed by atoms with Crippen molar-refractivity contribution in [2.45, 2.75) is 45.8 Å². The van der Waals surface area contributed by atoms with Gasteiger partial charge in [-0.1, -0.05) is 6.92 Å². The third-order valence-electron chi connectivity index (χ3n) is 4.72. The van der Waals surface area contributed by atoms with Crippen molar-refractivity contribution in [1.29, 1.82) is 0 Å². The lowest BCUT2D eigenvalue weighted by atomic mass is 10.0. The third kappa shape index (κ3) is 3.76. The maximum atomic E-state index is 11.5. The summed E-state index contributed by atoms with van der Waals surface area (Å²) in [6.45, 7) is 8.89. The number of piperidine rings is 1. The summed E-state index contributed by atoms with van der Waals surface area (Å²) in [6, 6.07) is 0. The molecule has 0 aliphatic carbocycles. The van der Waals surface area contributed by atoms with E-state index in [-0.39, 0.29) is 23.7 Å². The summed E-state index contributed by atoms with van der Waals surface area (Å²) in [5.41, 5.74) is 5.78. The number of nitrogen functional groups attached to an aromatic ring is 1. The highest BCUT2D eigenvalue weighted by Crippen LogP contribution is 2.35. The van der Waals surface area contributed by atoms with Crippen LogP contribution in [0.25, 0.3) is 0 Å². The Morgan fingerprint density at radius 2 is 1.84 bits per heavy atom. The van der Waals surface area contributed by atoms with Crippen LogP contribution in [0.15, 0.2) is 0 Å². The first-order valence-corrected chi connectivity index (χ1v) is 8.82. The molecule has 0 spiro atoms. The van der Waals surface area contributed by atoms with Crippen LogP contribution in [0, 0.1) is 16.0 Å². The largest absolute Gasteiger partial charge is 0.378 e. The van der Waals surface area contributed by atoms with Crippen molar-refractivity contribution in [2.75, 3.05) is 41.7 Å². The second-order valence-electron chi connectivity index (χ2n) is 7.19. The van der Waals surface area contributed by atoms with Gasteiger partial charge in [0.05, 0.1) is 17.1 Å². The fraction of sp³-hybridized carbons (Fsp3) is 0.750. The first-order chi connectivity index (χ1) is 11.8. The van der Waals surface area contributed by atoms with Crippen LogP contribution in [0.5, 0.6) is 0 Å². The van der Waals surface area contributed by atoms with Gasteiger partial charge in [-0.05, 0) is 32.6 Å². The van der Waals surface area contributed by atoms with Crippen molar-refractivity contribution < 1.29 is 9.66 Å². The maximum absolute atomic E-state index is 11.5. The molecule has 0 bridgehead atoms. The number of hydrogen-bond acceptors (Lipinski definition) is 8. The highest BCUT2D eigenvalue weighted by molar-refractivity contribution is 5.71. The number of nitrogens with two attached hydrogens (primary N) is 1. The van der Waals surface area contributed by atoms with Crippen molar-refractivity contribution >= 4 is 23.3 Å². The molecule has 3 atom stereocenters. The molecule has 2 saturated heterocycles. The molecule has 25 heavy (non-hydrogen) atoms. The van der Waals surface area contributed by atoms with Gasteiger partial charge >= 0.3 is 5.69 Å². The summed E-state index contributed by atoms with van der Waals surface area (Å²) in [4.78, 5) is 23.8. The standard InChI is InChI=1S/C16H26N6O3/c1-10-5-4-6-20(7-10)15-13(22(23)24)14(17)18-16(19-15)21-8-11(2)25-12(3)9-21/h10-12H,4-9H2,1-3H3,(H2,17,18,19)/t10-,11-,12-/m1/s1. The molecule has 0 amide bonds. The maximum Gasteiger partial charge on any atom is 0.353 e. The zero-order chi connectivity index (χ0) is 18.1. The molecule has 0 unspecified atom stereocenters. The Hall–Kier alpha value is -2.16. The van der Waals surface area contributed by atoms with Gasteiger partial charge in [0, 0.05) is 26.2 Å². The van der Waals surface area contributed by atoms with E-state index < -0.39 is 4.92 Å². The number of rotatable bonds is 3. The number of morpholine rings is 1. The lowest BCUT2D eigenvalue weighted by Gasteiger charge is -2.36. The van der Waals surface area contributed by atoms with Crippen molar-refractivity contribution in [3.05, 3.63) is 10.1 Å². The van der Waals surface area contributed by atoms with Gasteiger partial charge < -0.3 is 20.3 Å². The minimum atomic E-state index is -0.474. The molecule has 138 valence electrons. The molecule has 3 rings (SSSR count). The Morgan fingerprint density at radius 1 is 1.16 bits per heavy atom. The van der Waals surface area contributed by atoms with Crippen molar-refractivity contribution in [2.24, 2.45) is 5.92 Å².